The van der Waals surface area contributed by atoms with Crippen molar-refractivity contribution in [3.8, 4) is 17.1 Å². The molecule has 2 heterocycles. The second-order valence-corrected chi connectivity index (χ2v) is 6.54. The van der Waals surface area contributed by atoms with Crippen molar-refractivity contribution in [2.75, 3.05) is 0 Å². The van der Waals surface area contributed by atoms with Gasteiger partial charge in [0.05, 0.1) is 6.54 Å². The van der Waals surface area contributed by atoms with Crippen molar-refractivity contribution >= 4 is 0 Å². The highest BCUT2D eigenvalue weighted by atomic mass is 19.4. The van der Waals surface area contributed by atoms with Gasteiger partial charge in [-0.05, 0) is 37.6 Å². The summed E-state index contributed by atoms with van der Waals surface area (Å²) >= 11 is 0. The van der Waals surface area contributed by atoms with Crippen molar-refractivity contribution < 1.29 is 22.3 Å². The van der Waals surface area contributed by atoms with E-state index in [2.05, 4.69) is 15.0 Å². The van der Waals surface area contributed by atoms with Gasteiger partial charge in [-0.25, -0.2) is 0 Å². The lowest BCUT2D eigenvalue weighted by molar-refractivity contribution is -0.274. The van der Waals surface area contributed by atoms with E-state index < -0.39 is 6.36 Å². The van der Waals surface area contributed by atoms with Crippen LogP contribution in [0, 0.1) is 6.92 Å². The number of hydrogen-bond acceptors (Lipinski definition) is 4. The number of H-pyrrole nitrogens is 1. The van der Waals surface area contributed by atoms with Gasteiger partial charge < -0.3 is 19.5 Å². The number of para-hydroxylation sites is 1. The average Bonchev–Trinajstić information content (AvgIpc) is 3.11. The predicted octanol–water partition coefficient (Wildman–Crippen LogP) is 4.69. The van der Waals surface area contributed by atoms with Crippen LogP contribution in [-0.2, 0) is 19.5 Å². The van der Waals surface area contributed by atoms with Crippen molar-refractivity contribution in [3.63, 3.8) is 0 Å². The number of hydrogen-bond donors (Lipinski definition) is 2. The second-order valence-electron chi connectivity index (χ2n) is 6.54. The van der Waals surface area contributed by atoms with E-state index in [1.165, 1.54) is 12.1 Å². The molecule has 3 rings (SSSR count). The highest BCUT2D eigenvalue weighted by Gasteiger charge is 2.31. The Labute approximate surface area is 165 Å². The fourth-order valence-electron chi connectivity index (χ4n) is 3.00. The van der Waals surface area contributed by atoms with Gasteiger partial charge in [-0.1, -0.05) is 25.1 Å². The van der Waals surface area contributed by atoms with Crippen LogP contribution in [0.15, 0.2) is 51.7 Å². The van der Waals surface area contributed by atoms with Crippen LogP contribution in [0.5, 0.6) is 5.75 Å². The molecule has 29 heavy (non-hydrogen) atoms. The Kier molecular flexibility index (Phi) is 6.12. The van der Waals surface area contributed by atoms with E-state index in [9.17, 15) is 18.0 Å². The van der Waals surface area contributed by atoms with Crippen LogP contribution in [0.25, 0.3) is 11.3 Å². The van der Waals surface area contributed by atoms with Crippen LogP contribution < -0.4 is 15.6 Å². The van der Waals surface area contributed by atoms with E-state index in [1.54, 1.807) is 31.2 Å². The minimum absolute atomic E-state index is 0.109. The monoisotopic (exact) mass is 406 g/mol. The molecule has 2 aromatic heterocycles. The first kappa shape index (κ1) is 20.7. The number of aryl methyl sites for hydroxylation is 2. The fourth-order valence-corrected chi connectivity index (χ4v) is 3.00. The highest BCUT2D eigenvalue weighted by Crippen LogP contribution is 2.27. The molecule has 0 amide bonds. The summed E-state index contributed by atoms with van der Waals surface area (Å²) in [5.74, 6) is 1.01. The minimum atomic E-state index is -4.74. The topological polar surface area (TPSA) is 67.3 Å². The van der Waals surface area contributed by atoms with Gasteiger partial charge in [-0.15, -0.1) is 13.2 Å². The van der Waals surface area contributed by atoms with E-state index in [0.717, 1.165) is 5.56 Å². The molecule has 0 radical (unpaired) electrons. The third-order valence-corrected chi connectivity index (χ3v) is 4.44. The Morgan fingerprint density at radius 3 is 2.59 bits per heavy atom. The molecule has 0 aliphatic rings. The summed E-state index contributed by atoms with van der Waals surface area (Å²) in [4.78, 5) is 14.7. The molecular formula is C21H21F3N2O3. The van der Waals surface area contributed by atoms with Crippen molar-refractivity contribution in [1.82, 2.24) is 10.3 Å². The van der Waals surface area contributed by atoms with Gasteiger partial charge in [0.15, 0.2) is 0 Å². The molecule has 5 nitrogen and oxygen atoms in total. The summed E-state index contributed by atoms with van der Waals surface area (Å²) in [5.41, 5.74) is 2.46. The molecule has 0 aliphatic heterocycles. The molecule has 0 atom stereocenters. The van der Waals surface area contributed by atoms with Crippen LogP contribution >= 0.6 is 0 Å². The SMILES string of the molecule is CCc1cc(-c2ccc(CNCc3ccccc3OC(F)(F)F)o2)c(C)[nH]c1=O. The number of benzene rings is 1. The molecule has 0 saturated heterocycles. The molecule has 1 aromatic carbocycles. The number of aromatic nitrogens is 1. The van der Waals surface area contributed by atoms with E-state index in [1.807, 2.05) is 13.0 Å². The van der Waals surface area contributed by atoms with Crippen LogP contribution in [0.3, 0.4) is 0 Å². The van der Waals surface area contributed by atoms with Crippen molar-refractivity contribution in [2.24, 2.45) is 0 Å². The normalized spacial score (nSPS) is 11.6. The van der Waals surface area contributed by atoms with Gasteiger partial charge in [-0.2, -0.15) is 0 Å². The number of ether oxygens (including phenoxy) is 1. The molecule has 0 spiro atoms. The fraction of sp³-hybridized carbons (Fsp3) is 0.286. The zero-order valence-corrected chi connectivity index (χ0v) is 16.0. The third kappa shape index (κ3) is 5.29. The number of nitrogens with one attached hydrogen (secondary N) is 2. The number of furan rings is 1. The zero-order valence-electron chi connectivity index (χ0n) is 16.0. The Hall–Kier alpha value is -3.00. The summed E-state index contributed by atoms with van der Waals surface area (Å²) in [6.07, 6.45) is -4.13. The lowest BCUT2D eigenvalue weighted by Crippen LogP contribution is -2.19. The number of aromatic amines is 1. The number of alkyl halides is 3. The lowest BCUT2D eigenvalue weighted by Gasteiger charge is -2.13. The van der Waals surface area contributed by atoms with Gasteiger partial charge in [0.2, 0.25) is 0 Å². The van der Waals surface area contributed by atoms with Crippen molar-refractivity contribution in [3.05, 3.63) is 75.4 Å². The van der Waals surface area contributed by atoms with Gasteiger partial charge >= 0.3 is 6.36 Å². The van der Waals surface area contributed by atoms with E-state index >= 15 is 0 Å². The molecule has 0 fully saturated rings. The largest absolute Gasteiger partial charge is 0.573 e. The van der Waals surface area contributed by atoms with Crippen LogP contribution in [0.4, 0.5) is 13.2 Å². The van der Waals surface area contributed by atoms with Crippen molar-refractivity contribution in [2.45, 2.75) is 39.7 Å². The predicted molar refractivity (Wildman–Crippen MR) is 103 cm³/mol. The van der Waals surface area contributed by atoms with Crippen molar-refractivity contribution in [1.29, 1.82) is 0 Å². The van der Waals surface area contributed by atoms with Gasteiger partial charge in [0, 0.05) is 28.9 Å². The Morgan fingerprint density at radius 2 is 1.86 bits per heavy atom. The van der Waals surface area contributed by atoms with Crippen LogP contribution in [0.2, 0.25) is 0 Å². The van der Waals surface area contributed by atoms with Gasteiger partial charge in [0.1, 0.15) is 17.3 Å². The zero-order chi connectivity index (χ0) is 21.0. The standard InChI is InChI=1S/C21H21F3N2O3/c1-3-14-10-17(13(2)26-20(14)27)19-9-8-16(28-19)12-25-11-15-6-4-5-7-18(15)29-21(22,23)24/h4-10,25H,3,11-12H2,1-2H3,(H,26,27). The first-order valence-corrected chi connectivity index (χ1v) is 9.13. The maximum atomic E-state index is 12.5. The van der Waals surface area contributed by atoms with E-state index in [0.29, 0.717) is 41.3 Å². The molecule has 0 aliphatic carbocycles. The Bertz CT molecular complexity index is 1040. The first-order valence-electron chi connectivity index (χ1n) is 9.13. The lowest BCUT2D eigenvalue weighted by atomic mass is 10.1. The molecule has 0 saturated carbocycles. The molecule has 3 aromatic rings. The van der Waals surface area contributed by atoms with Crippen LogP contribution in [0.1, 0.15) is 29.5 Å². The Morgan fingerprint density at radius 1 is 1.10 bits per heavy atom. The molecule has 0 bridgehead atoms. The molecule has 2 N–H and O–H groups in total. The summed E-state index contributed by atoms with van der Waals surface area (Å²) in [6, 6.07) is 11.4. The quantitative estimate of drug-likeness (QED) is 0.597. The summed E-state index contributed by atoms with van der Waals surface area (Å²) in [5, 5.41) is 3.06. The smallest absolute Gasteiger partial charge is 0.460 e. The average molecular weight is 406 g/mol. The first-order chi connectivity index (χ1) is 13.8. The van der Waals surface area contributed by atoms with Gasteiger partial charge in [-0.3, -0.25) is 4.79 Å². The van der Waals surface area contributed by atoms with E-state index in [-0.39, 0.29) is 17.9 Å². The third-order valence-electron chi connectivity index (χ3n) is 4.44. The summed E-state index contributed by atoms with van der Waals surface area (Å²) in [7, 11) is 0. The summed E-state index contributed by atoms with van der Waals surface area (Å²) < 4.78 is 47.4. The maximum Gasteiger partial charge on any atom is 0.573 e. The maximum absolute atomic E-state index is 12.5. The number of rotatable bonds is 7. The molecule has 0 unspecified atom stereocenters. The molecular weight excluding hydrogens is 385 g/mol. The Balaban J connectivity index is 1.68. The highest BCUT2D eigenvalue weighted by molar-refractivity contribution is 5.61. The van der Waals surface area contributed by atoms with E-state index in [4.69, 9.17) is 4.42 Å². The van der Waals surface area contributed by atoms with Crippen LogP contribution in [-0.4, -0.2) is 11.3 Å². The number of halogens is 3. The summed E-state index contributed by atoms with van der Waals surface area (Å²) in [6.45, 7) is 4.21. The van der Waals surface area contributed by atoms with Gasteiger partial charge in [0.25, 0.3) is 5.56 Å². The minimum Gasteiger partial charge on any atom is -0.460 e. The molecule has 154 valence electrons. The second kappa shape index (κ2) is 8.57. The number of pyridine rings is 1. The molecule has 8 heteroatoms.